The van der Waals surface area contributed by atoms with Crippen LogP contribution in [0.15, 0.2) is 0 Å². The molecule has 1 rings (SSSR count). The first kappa shape index (κ1) is 84.0. The average molecular weight is 1310 g/mol. The number of carbonyl (C=O) groups excluding carboxylic acids is 11. The number of esters is 1. The van der Waals surface area contributed by atoms with Gasteiger partial charge in [-0.05, 0) is 113 Å². The van der Waals surface area contributed by atoms with Crippen LogP contribution in [0.1, 0.15) is 156 Å². The van der Waals surface area contributed by atoms with Crippen LogP contribution in [0.4, 0.5) is 0 Å². The lowest BCUT2D eigenvalue weighted by atomic mass is 9.91. The molecule has 0 bridgehead atoms. The molecule has 1 fully saturated rings. The molecule has 26 nitrogen and oxygen atoms in total. The number of methoxy groups -OCH3 is 1. The Kier molecular flexibility index (Phi) is 35.6. The number of ether oxygens (including phenoxy) is 2. The van der Waals surface area contributed by atoms with Gasteiger partial charge in [0.05, 0.1) is 25.4 Å². The van der Waals surface area contributed by atoms with E-state index < -0.39 is 162 Å². The van der Waals surface area contributed by atoms with Gasteiger partial charge in [0.2, 0.25) is 53.2 Å². The molecule has 0 unspecified atom stereocenters. The Morgan fingerprint density at radius 1 is 0.500 bits per heavy atom. The molecule has 0 saturated carbocycles. The minimum Gasteiger partial charge on any atom is -0.450 e. The summed E-state index contributed by atoms with van der Waals surface area (Å²) in [7, 11) is 11.6. The number of aliphatic hydroxyl groups is 2. The summed E-state index contributed by atoms with van der Waals surface area (Å²) in [5.74, 6) is -11.6. The minimum absolute atomic E-state index is 0.0743. The predicted molar refractivity (Wildman–Crippen MR) is 351 cm³/mol. The molecule has 1 heterocycles. The number of likely N-dealkylation sites (N-methyl/N-ethyl adjacent to an activating group) is 7. The van der Waals surface area contributed by atoms with Crippen molar-refractivity contribution >= 4 is 65.0 Å². The molecular formula is C66H121N11O15. The second-order valence-corrected chi connectivity index (χ2v) is 28.6. The first-order chi connectivity index (χ1) is 42.4. The molecule has 1 saturated heterocycles. The van der Waals surface area contributed by atoms with E-state index in [1.165, 1.54) is 70.8 Å². The van der Waals surface area contributed by atoms with E-state index in [2.05, 4.69) is 21.3 Å². The largest absolute Gasteiger partial charge is 0.450 e. The third-order valence-corrected chi connectivity index (χ3v) is 17.0. The van der Waals surface area contributed by atoms with Crippen molar-refractivity contribution < 1.29 is 72.4 Å². The summed E-state index contributed by atoms with van der Waals surface area (Å²) in [6.07, 6.45) is -3.88. The summed E-state index contributed by atoms with van der Waals surface area (Å²) < 4.78 is 11.1. The standard InChI is InChI=1S/C66H121N11O15/c1-36(2)30-46-61(85)74(21)49(33-39(7)8)57(81)67-44(16)66(90)92-56(42(13)14)65(89)75(22)50(34-40(9)10)59(83)69-47(31-37(3)4)62(86)76(23)53(41(11)12)64(88)77(24)54(55(80)43(15)26-27-71(18)28-29-91-25)60(84)70-52(45(17)78)63(87)72(19)35-51(79)73(20)48(32-38(5)6)58(82)68-46/h36-50,52-56,78,80H,26-35H2,1-25H3,(H,67,81)(H,68,82)(H,69,83)(H,70,84)/t43-,44-,45-,46-,47-,48+,49-,50-,52-,53-,54-,55-,56+/m1/s1. The van der Waals surface area contributed by atoms with Gasteiger partial charge in [-0.2, -0.15) is 0 Å². The molecule has 0 aromatic rings. The first-order valence-electron chi connectivity index (χ1n) is 33.0. The fraction of sp³-hybridized carbons (Fsp3) is 0.833. The van der Waals surface area contributed by atoms with E-state index in [9.17, 15) is 48.6 Å². The summed E-state index contributed by atoms with van der Waals surface area (Å²) in [4.78, 5) is 170. The van der Waals surface area contributed by atoms with Gasteiger partial charge >= 0.3 is 5.97 Å². The van der Waals surface area contributed by atoms with Gasteiger partial charge in [-0.15, -0.1) is 0 Å². The number of amides is 10. The average Bonchev–Trinajstić information content (AvgIpc) is 0.834. The Labute approximate surface area is 550 Å². The van der Waals surface area contributed by atoms with Gasteiger partial charge in [0.1, 0.15) is 54.4 Å². The molecule has 6 N–H and O–H groups in total. The molecule has 13 atom stereocenters. The SMILES string of the molecule is COCCN(C)CC[C@@H](C)[C@@H](O)[C@@H]1C(=O)N[C@H]([C@@H](C)O)C(=O)N(C)CC(=O)N(C)[C@@H](CC(C)C)C(=O)N[C@H](CC(C)C)C(=O)N(C)[C@H](CC(C)C)C(=O)N[C@H](C)C(=O)O[C@@H](C(C)C)C(=O)N(C)[C@H](CC(C)C)C(=O)N[C@H](CC(C)C)C(=O)N(C)[C@H](C(C)C)C(=O)N1C. The number of nitrogens with one attached hydrogen (secondary N) is 4. The van der Waals surface area contributed by atoms with Gasteiger partial charge in [-0.1, -0.05) is 104 Å². The fourth-order valence-corrected chi connectivity index (χ4v) is 11.3. The van der Waals surface area contributed by atoms with Crippen LogP contribution in [0.2, 0.25) is 0 Å². The van der Waals surface area contributed by atoms with E-state index in [0.29, 0.717) is 26.1 Å². The molecular weight excluding hydrogens is 1190 g/mol. The summed E-state index contributed by atoms with van der Waals surface area (Å²) >= 11 is 0. The molecule has 1 aliphatic heterocycles. The zero-order valence-electron chi connectivity index (χ0n) is 60.5. The highest BCUT2D eigenvalue weighted by Crippen LogP contribution is 2.25. The van der Waals surface area contributed by atoms with Gasteiger partial charge in [-0.25, -0.2) is 4.79 Å². The van der Waals surface area contributed by atoms with Crippen molar-refractivity contribution in [3.8, 4) is 0 Å². The van der Waals surface area contributed by atoms with Gasteiger partial charge in [-0.3, -0.25) is 47.9 Å². The van der Waals surface area contributed by atoms with Crippen molar-refractivity contribution in [2.24, 2.45) is 47.3 Å². The lowest BCUT2D eigenvalue weighted by Gasteiger charge is -2.40. The molecule has 0 aromatic carbocycles. The van der Waals surface area contributed by atoms with E-state index >= 15 is 14.4 Å². The Bertz CT molecular complexity index is 2440. The number of hydrogen-bond donors (Lipinski definition) is 6. The Morgan fingerprint density at radius 3 is 1.33 bits per heavy atom. The third-order valence-electron chi connectivity index (χ3n) is 17.0. The van der Waals surface area contributed by atoms with Crippen LogP contribution in [0.25, 0.3) is 0 Å². The van der Waals surface area contributed by atoms with Gasteiger partial charge < -0.3 is 75.3 Å². The normalized spacial score (nSPS) is 26.1. The van der Waals surface area contributed by atoms with Crippen molar-refractivity contribution in [3.05, 3.63) is 0 Å². The number of carbonyl (C=O) groups is 11. The van der Waals surface area contributed by atoms with Crippen molar-refractivity contribution in [2.75, 3.05) is 82.7 Å². The molecule has 0 radical (unpaired) electrons. The number of nitrogens with zero attached hydrogens (tertiary/aromatic N) is 7. The van der Waals surface area contributed by atoms with E-state index in [0.717, 1.165) is 14.7 Å². The van der Waals surface area contributed by atoms with E-state index in [1.54, 1.807) is 41.7 Å². The molecule has 0 spiro atoms. The van der Waals surface area contributed by atoms with Gasteiger partial charge in [0, 0.05) is 55.9 Å². The number of aliphatic hydroxyl groups excluding tert-OH is 2. The van der Waals surface area contributed by atoms with E-state index in [1.807, 2.05) is 81.2 Å². The second kappa shape index (κ2) is 39.0. The van der Waals surface area contributed by atoms with Crippen LogP contribution >= 0.6 is 0 Å². The van der Waals surface area contributed by atoms with Crippen LogP contribution in [-0.4, -0.2) is 265 Å². The summed E-state index contributed by atoms with van der Waals surface area (Å²) in [5.41, 5.74) is 0. The minimum atomic E-state index is -1.76. The van der Waals surface area contributed by atoms with Crippen LogP contribution in [0.3, 0.4) is 0 Å². The Balaban J connectivity index is 4.44. The summed E-state index contributed by atoms with van der Waals surface area (Å²) in [5, 5.41) is 34.6. The van der Waals surface area contributed by atoms with Crippen LogP contribution in [0.5, 0.6) is 0 Å². The van der Waals surface area contributed by atoms with Crippen molar-refractivity contribution in [1.82, 2.24) is 55.6 Å². The van der Waals surface area contributed by atoms with E-state index in [-0.39, 0.29) is 61.7 Å². The van der Waals surface area contributed by atoms with Gasteiger partial charge in [0.15, 0.2) is 6.10 Å². The maximum atomic E-state index is 15.3. The first-order valence-corrected chi connectivity index (χ1v) is 33.0. The maximum absolute atomic E-state index is 15.3. The third kappa shape index (κ3) is 25.4. The van der Waals surface area contributed by atoms with E-state index in [4.69, 9.17) is 9.47 Å². The quantitative estimate of drug-likeness (QED) is 0.0899. The zero-order valence-corrected chi connectivity index (χ0v) is 60.5. The molecule has 0 aromatic heterocycles. The Hall–Kier alpha value is -5.99. The number of rotatable bonds is 21. The Morgan fingerprint density at radius 2 is 0.913 bits per heavy atom. The zero-order chi connectivity index (χ0) is 71.3. The maximum Gasteiger partial charge on any atom is 0.329 e. The monoisotopic (exact) mass is 1310 g/mol. The molecule has 530 valence electrons. The number of hydrogen-bond acceptors (Lipinski definition) is 16. The summed E-state index contributed by atoms with van der Waals surface area (Å²) in [6, 6.07) is -12.3. The van der Waals surface area contributed by atoms with Crippen molar-refractivity contribution in [2.45, 2.75) is 229 Å². The summed E-state index contributed by atoms with van der Waals surface area (Å²) in [6.45, 7) is 30.1. The highest BCUT2D eigenvalue weighted by molar-refractivity contribution is 5.99. The smallest absolute Gasteiger partial charge is 0.329 e. The molecule has 92 heavy (non-hydrogen) atoms. The number of cyclic esters (lactones) is 1. The second-order valence-electron chi connectivity index (χ2n) is 28.6. The van der Waals surface area contributed by atoms with Crippen LogP contribution in [-0.2, 0) is 62.2 Å². The fourth-order valence-electron chi connectivity index (χ4n) is 11.3. The van der Waals surface area contributed by atoms with Crippen molar-refractivity contribution in [3.63, 3.8) is 0 Å². The molecule has 1 aliphatic rings. The lowest BCUT2D eigenvalue weighted by Crippen LogP contribution is -2.64. The molecule has 0 aliphatic carbocycles. The van der Waals surface area contributed by atoms with Crippen LogP contribution in [0, 0.1) is 47.3 Å². The highest BCUT2D eigenvalue weighted by Gasteiger charge is 2.46. The van der Waals surface area contributed by atoms with Crippen molar-refractivity contribution in [1.29, 1.82) is 0 Å². The lowest BCUT2D eigenvalue weighted by molar-refractivity contribution is -0.166. The van der Waals surface area contributed by atoms with Gasteiger partial charge in [0.25, 0.3) is 5.91 Å². The van der Waals surface area contributed by atoms with Crippen LogP contribution < -0.4 is 21.3 Å². The predicted octanol–water partition coefficient (Wildman–Crippen LogP) is 2.35. The highest BCUT2D eigenvalue weighted by atomic mass is 16.6. The molecule has 10 amide bonds. The molecule has 26 heteroatoms. The topological polar surface area (TPSA) is 317 Å².